The van der Waals surface area contributed by atoms with E-state index in [0.29, 0.717) is 13.2 Å². The molecule has 0 aliphatic rings. The third-order valence-corrected chi connectivity index (χ3v) is 3.96. The molecule has 0 aromatic carbocycles. The zero-order valence-electron chi connectivity index (χ0n) is 16.2. The van der Waals surface area contributed by atoms with E-state index in [1.165, 1.54) is 19.4 Å². The van der Waals surface area contributed by atoms with Gasteiger partial charge in [-0.25, -0.2) is 14.6 Å². The van der Waals surface area contributed by atoms with Gasteiger partial charge in [0.15, 0.2) is 11.4 Å². The fraction of sp³-hybridized carbons (Fsp3) is 0.650. The van der Waals surface area contributed by atoms with Crippen molar-refractivity contribution in [3.05, 3.63) is 23.5 Å². The average molecular weight is 365 g/mol. The van der Waals surface area contributed by atoms with Crippen molar-refractivity contribution < 1.29 is 23.8 Å². The SMILES string of the molecule is CCCCCCOC(=O)c1cnc(C(=O)OCCCCCC)c(OC)c1. The van der Waals surface area contributed by atoms with E-state index in [0.717, 1.165) is 51.4 Å². The molecule has 0 radical (unpaired) electrons. The number of pyridine rings is 1. The summed E-state index contributed by atoms with van der Waals surface area (Å²) in [4.78, 5) is 28.2. The Morgan fingerprint density at radius 3 is 2.00 bits per heavy atom. The molecule has 0 N–H and O–H groups in total. The van der Waals surface area contributed by atoms with Crippen LogP contribution >= 0.6 is 0 Å². The average Bonchev–Trinajstić information content (AvgIpc) is 2.66. The number of hydrogen-bond acceptors (Lipinski definition) is 6. The van der Waals surface area contributed by atoms with Crippen molar-refractivity contribution in [2.45, 2.75) is 65.2 Å². The maximum Gasteiger partial charge on any atom is 0.360 e. The van der Waals surface area contributed by atoms with E-state index in [9.17, 15) is 9.59 Å². The summed E-state index contributed by atoms with van der Waals surface area (Å²) in [6.45, 7) is 4.98. The Kier molecular flexibility index (Phi) is 11.1. The summed E-state index contributed by atoms with van der Waals surface area (Å²) in [7, 11) is 1.43. The molecule has 0 unspecified atom stereocenters. The largest absolute Gasteiger partial charge is 0.494 e. The van der Waals surface area contributed by atoms with E-state index in [1.54, 1.807) is 0 Å². The Hall–Kier alpha value is -2.11. The Morgan fingerprint density at radius 1 is 0.885 bits per heavy atom. The lowest BCUT2D eigenvalue weighted by molar-refractivity contribution is 0.0473. The molecule has 6 heteroatoms. The van der Waals surface area contributed by atoms with Gasteiger partial charge in [0.2, 0.25) is 0 Å². The highest BCUT2D eigenvalue weighted by atomic mass is 16.5. The second-order valence-corrected chi connectivity index (χ2v) is 6.17. The standard InChI is InChI=1S/C20H31NO5/c1-4-6-8-10-12-25-19(22)16-14-17(24-3)18(21-15-16)20(23)26-13-11-9-7-5-2/h14-15H,4-13H2,1-3H3. The van der Waals surface area contributed by atoms with Crippen LogP contribution in [0.15, 0.2) is 12.3 Å². The molecule has 0 atom stereocenters. The van der Waals surface area contributed by atoms with Gasteiger partial charge in [-0.15, -0.1) is 0 Å². The van der Waals surface area contributed by atoms with E-state index in [2.05, 4.69) is 18.8 Å². The van der Waals surface area contributed by atoms with Crippen molar-refractivity contribution in [2.24, 2.45) is 0 Å². The van der Waals surface area contributed by atoms with Gasteiger partial charge in [0.05, 0.1) is 25.9 Å². The lowest BCUT2D eigenvalue weighted by atomic mass is 10.2. The third-order valence-electron chi connectivity index (χ3n) is 3.96. The molecular weight excluding hydrogens is 334 g/mol. The van der Waals surface area contributed by atoms with Crippen LogP contribution < -0.4 is 4.74 Å². The molecule has 1 heterocycles. The summed E-state index contributed by atoms with van der Waals surface area (Å²) in [6.07, 6.45) is 9.55. The van der Waals surface area contributed by atoms with Gasteiger partial charge < -0.3 is 14.2 Å². The predicted molar refractivity (Wildman–Crippen MR) is 99.6 cm³/mol. The monoisotopic (exact) mass is 365 g/mol. The molecule has 0 saturated heterocycles. The Bertz CT molecular complexity index is 559. The fourth-order valence-corrected chi connectivity index (χ4v) is 2.40. The van der Waals surface area contributed by atoms with Crippen molar-refractivity contribution >= 4 is 11.9 Å². The van der Waals surface area contributed by atoms with Crippen LogP contribution in [0.3, 0.4) is 0 Å². The van der Waals surface area contributed by atoms with Crippen molar-refractivity contribution in [3.63, 3.8) is 0 Å². The molecule has 0 aliphatic heterocycles. The molecular formula is C20H31NO5. The Balaban J connectivity index is 2.57. The summed E-state index contributed by atoms with van der Waals surface area (Å²) < 4.78 is 15.6. The van der Waals surface area contributed by atoms with Crippen LogP contribution in [0, 0.1) is 0 Å². The van der Waals surface area contributed by atoms with Crippen molar-refractivity contribution in [1.29, 1.82) is 0 Å². The molecule has 26 heavy (non-hydrogen) atoms. The first-order chi connectivity index (χ1) is 12.6. The number of aromatic nitrogens is 1. The van der Waals surface area contributed by atoms with Gasteiger partial charge >= 0.3 is 11.9 Å². The van der Waals surface area contributed by atoms with Gasteiger partial charge in [0.1, 0.15) is 0 Å². The second-order valence-electron chi connectivity index (χ2n) is 6.17. The molecule has 146 valence electrons. The number of carbonyl (C=O) groups is 2. The summed E-state index contributed by atoms with van der Waals surface area (Å²) in [5, 5.41) is 0. The Morgan fingerprint density at radius 2 is 1.46 bits per heavy atom. The van der Waals surface area contributed by atoms with Gasteiger partial charge in [-0.3, -0.25) is 0 Å². The van der Waals surface area contributed by atoms with Gasteiger partial charge in [-0.2, -0.15) is 0 Å². The number of rotatable bonds is 13. The number of methoxy groups -OCH3 is 1. The number of esters is 2. The van der Waals surface area contributed by atoms with Crippen LogP contribution in [0.2, 0.25) is 0 Å². The van der Waals surface area contributed by atoms with Crippen LogP contribution in [0.1, 0.15) is 86.1 Å². The number of carbonyl (C=O) groups excluding carboxylic acids is 2. The summed E-state index contributed by atoms with van der Waals surface area (Å²) in [5.74, 6) is -0.798. The molecule has 0 fully saturated rings. The van der Waals surface area contributed by atoms with Crippen LogP contribution in [0.5, 0.6) is 5.75 Å². The number of hydrogen-bond donors (Lipinski definition) is 0. The molecule has 1 rings (SSSR count). The first-order valence-corrected chi connectivity index (χ1v) is 9.52. The molecule has 0 spiro atoms. The highest BCUT2D eigenvalue weighted by Crippen LogP contribution is 2.19. The van der Waals surface area contributed by atoms with Crippen molar-refractivity contribution in [1.82, 2.24) is 4.98 Å². The van der Waals surface area contributed by atoms with E-state index >= 15 is 0 Å². The first-order valence-electron chi connectivity index (χ1n) is 9.52. The lowest BCUT2D eigenvalue weighted by Gasteiger charge is -2.10. The molecule has 0 amide bonds. The van der Waals surface area contributed by atoms with Gasteiger partial charge in [-0.1, -0.05) is 52.4 Å². The second kappa shape index (κ2) is 13.1. The quantitative estimate of drug-likeness (QED) is 0.377. The molecule has 6 nitrogen and oxygen atoms in total. The van der Waals surface area contributed by atoms with Crippen LogP contribution in [0.4, 0.5) is 0 Å². The van der Waals surface area contributed by atoms with Crippen LogP contribution in [-0.4, -0.2) is 37.2 Å². The van der Waals surface area contributed by atoms with Crippen LogP contribution in [-0.2, 0) is 9.47 Å². The zero-order valence-corrected chi connectivity index (χ0v) is 16.2. The minimum absolute atomic E-state index is 0.0717. The summed E-state index contributed by atoms with van der Waals surface area (Å²) in [5.41, 5.74) is 0.333. The number of nitrogens with zero attached hydrogens (tertiary/aromatic N) is 1. The predicted octanol–water partition coefficient (Wildman–Crippen LogP) is 4.56. The van der Waals surface area contributed by atoms with E-state index in [4.69, 9.17) is 14.2 Å². The Labute approximate surface area is 156 Å². The summed E-state index contributed by atoms with van der Waals surface area (Å²) in [6, 6.07) is 1.47. The zero-order chi connectivity index (χ0) is 19.2. The molecule has 0 saturated carbocycles. The minimum atomic E-state index is -0.544. The van der Waals surface area contributed by atoms with E-state index < -0.39 is 11.9 Å². The number of ether oxygens (including phenoxy) is 3. The molecule has 1 aromatic rings. The van der Waals surface area contributed by atoms with Gasteiger partial charge in [-0.05, 0) is 18.9 Å². The maximum atomic E-state index is 12.1. The molecule has 0 bridgehead atoms. The molecule has 1 aromatic heterocycles. The topological polar surface area (TPSA) is 74.7 Å². The lowest BCUT2D eigenvalue weighted by Crippen LogP contribution is -2.13. The summed E-state index contributed by atoms with van der Waals surface area (Å²) >= 11 is 0. The first kappa shape index (κ1) is 21.9. The smallest absolute Gasteiger partial charge is 0.360 e. The van der Waals surface area contributed by atoms with E-state index in [1.807, 2.05) is 0 Å². The normalized spacial score (nSPS) is 10.4. The van der Waals surface area contributed by atoms with Gasteiger partial charge in [0.25, 0.3) is 0 Å². The third kappa shape index (κ3) is 7.85. The highest BCUT2D eigenvalue weighted by Gasteiger charge is 2.19. The van der Waals surface area contributed by atoms with E-state index in [-0.39, 0.29) is 17.0 Å². The highest BCUT2D eigenvalue weighted by molar-refractivity contribution is 5.94. The maximum absolute atomic E-state index is 12.1. The number of unbranched alkanes of at least 4 members (excludes halogenated alkanes) is 6. The molecule has 0 aliphatic carbocycles. The van der Waals surface area contributed by atoms with Crippen LogP contribution in [0.25, 0.3) is 0 Å². The minimum Gasteiger partial charge on any atom is -0.494 e. The fourth-order valence-electron chi connectivity index (χ4n) is 2.40. The van der Waals surface area contributed by atoms with Crippen molar-refractivity contribution in [2.75, 3.05) is 20.3 Å². The van der Waals surface area contributed by atoms with Crippen molar-refractivity contribution in [3.8, 4) is 5.75 Å². The van der Waals surface area contributed by atoms with Gasteiger partial charge in [0, 0.05) is 6.20 Å².